The van der Waals surface area contributed by atoms with Crippen LogP contribution in [0, 0.1) is 0 Å². The number of benzene rings is 1. The van der Waals surface area contributed by atoms with Crippen LogP contribution in [0.3, 0.4) is 0 Å². The smallest absolute Gasteiger partial charge is 0.220 e. The average molecular weight is 242 g/mol. The lowest BCUT2D eigenvalue weighted by Crippen LogP contribution is -2.22. The predicted molar refractivity (Wildman–Crippen MR) is 64.5 cm³/mol. The van der Waals surface area contributed by atoms with Crippen LogP contribution in [0.1, 0.15) is 24.8 Å². The highest BCUT2D eigenvalue weighted by Crippen LogP contribution is 2.14. The summed E-state index contributed by atoms with van der Waals surface area (Å²) in [6.07, 6.45) is 2.14. The van der Waals surface area contributed by atoms with Crippen molar-refractivity contribution in [2.45, 2.75) is 25.8 Å². The van der Waals surface area contributed by atoms with Crippen LogP contribution < -0.4 is 5.32 Å². The highest BCUT2D eigenvalue weighted by atomic mass is 35.5. The van der Waals surface area contributed by atoms with E-state index in [0.717, 1.165) is 18.4 Å². The Morgan fingerprint density at radius 2 is 2.06 bits per heavy atom. The average Bonchev–Trinajstić information content (AvgIpc) is 2.28. The Kier molecular flexibility index (Phi) is 5.72. The number of nitrogens with one attached hydrogen (secondary N) is 1. The fourth-order valence-electron chi connectivity index (χ4n) is 1.32. The first-order valence-electron chi connectivity index (χ1n) is 5.33. The third kappa shape index (κ3) is 4.53. The van der Waals surface area contributed by atoms with Gasteiger partial charge in [0.15, 0.2) is 0 Å². The molecule has 0 radical (unpaired) electrons. The monoisotopic (exact) mass is 241 g/mol. The van der Waals surface area contributed by atoms with E-state index in [4.69, 9.17) is 11.6 Å². The van der Waals surface area contributed by atoms with Gasteiger partial charge in [-0.1, -0.05) is 18.2 Å². The number of phenols is 1. The summed E-state index contributed by atoms with van der Waals surface area (Å²) in [7, 11) is 0. The molecule has 0 fully saturated rings. The van der Waals surface area contributed by atoms with Gasteiger partial charge in [0.2, 0.25) is 5.91 Å². The SMILES string of the molecule is O=C(CCCCCl)NCc1ccccc1O. The Balaban J connectivity index is 2.29. The minimum atomic E-state index is -0.00614. The van der Waals surface area contributed by atoms with Gasteiger partial charge in [0.05, 0.1) is 0 Å². The van der Waals surface area contributed by atoms with Crippen molar-refractivity contribution in [3.05, 3.63) is 29.8 Å². The normalized spacial score (nSPS) is 10.1. The van der Waals surface area contributed by atoms with Gasteiger partial charge in [-0.3, -0.25) is 4.79 Å². The largest absolute Gasteiger partial charge is 0.508 e. The molecule has 0 heterocycles. The summed E-state index contributed by atoms with van der Waals surface area (Å²) < 4.78 is 0. The van der Waals surface area contributed by atoms with Crippen molar-refractivity contribution in [2.75, 3.05) is 5.88 Å². The molecule has 0 aromatic heterocycles. The number of carbonyl (C=O) groups is 1. The molecule has 1 amide bonds. The molecule has 0 spiro atoms. The van der Waals surface area contributed by atoms with E-state index in [-0.39, 0.29) is 11.7 Å². The van der Waals surface area contributed by atoms with Crippen molar-refractivity contribution in [2.24, 2.45) is 0 Å². The minimum absolute atomic E-state index is 0.00614. The van der Waals surface area contributed by atoms with Gasteiger partial charge in [0, 0.05) is 24.4 Å². The van der Waals surface area contributed by atoms with Crippen LogP contribution >= 0.6 is 11.6 Å². The number of halogens is 1. The van der Waals surface area contributed by atoms with Crippen LogP contribution in [-0.4, -0.2) is 16.9 Å². The van der Waals surface area contributed by atoms with Crippen molar-refractivity contribution in [1.29, 1.82) is 0 Å². The van der Waals surface area contributed by atoms with Crippen LogP contribution in [0.5, 0.6) is 5.75 Å². The zero-order valence-electron chi connectivity index (χ0n) is 9.08. The lowest BCUT2D eigenvalue weighted by atomic mass is 10.2. The van der Waals surface area contributed by atoms with Crippen LogP contribution in [-0.2, 0) is 11.3 Å². The van der Waals surface area contributed by atoms with E-state index < -0.39 is 0 Å². The van der Waals surface area contributed by atoms with Gasteiger partial charge < -0.3 is 10.4 Å². The molecule has 1 aromatic rings. The second-order valence-corrected chi connectivity index (χ2v) is 3.93. The van der Waals surface area contributed by atoms with Gasteiger partial charge in [-0.25, -0.2) is 0 Å². The number of rotatable bonds is 6. The van der Waals surface area contributed by atoms with E-state index in [1.54, 1.807) is 18.2 Å². The Morgan fingerprint density at radius 1 is 1.31 bits per heavy atom. The Labute approximate surface area is 100 Å². The zero-order valence-corrected chi connectivity index (χ0v) is 9.83. The molecule has 0 aliphatic rings. The molecule has 0 saturated heterocycles. The van der Waals surface area contributed by atoms with Gasteiger partial charge >= 0.3 is 0 Å². The highest BCUT2D eigenvalue weighted by Gasteiger charge is 2.03. The fourth-order valence-corrected chi connectivity index (χ4v) is 1.51. The van der Waals surface area contributed by atoms with E-state index in [1.807, 2.05) is 6.07 Å². The standard InChI is InChI=1S/C12H16ClNO2/c13-8-4-3-7-12(16)14-9-10-5-1-2-6-11(10)15/h1-2,5-6,15H,3-4,7-9H2,(H,14,16). The quantitative estimate of drug-likeness (QED) is 0.594. The van der Waals surface area contributed by atoms with Crippen molar-refractivity contribution < 1.29 is 9.90 Å². The number of amides is 1. The number of unbranched alkanes of at least 4 members (excludes halogenated alkanes) is 1. The summed E-state index contributed by atoms with van der Waals surface area (Å²) in [6, 6.07) is 6.97. The number of hydrogen-bond acceptors (Lipinski definition) is 2. The lowest BCUT2D eigenvalue weighted by Gasteiger charge is -2.06. The minimum Gasteiger partial charge on any atom is -0.508 e. The lowest BCUT2D eigenvalue weighted by molar-refractivity contribution is -0.121. The third-order valence-corrected chi connectivity index (χ3v) is 2.52. The number of hydrogen-bond donors (Lipinski definition) is 2. The van der Waals surface area contributed by atoms with Crippen LogP contribution in [0.15, 0.2) is 24.3 Å². The van der Waals surface area contributed by atoms with Gasteiger partial charge in [-0.15, -0.1) is 11.6 Å². The molecule has 2 N–H and O–H groups in total. The first kappa shape index (κ1) is 12.8. The van der Waals surface area contributed by atoms with Crippen LogP contribution in [0.4, 0.5) is 0 Å². The first-order valence-corrected chi connectivity index (χ1v) is 5.87. The predicted octanol–water partition coefficient (Wildman–Crippen LogP) is 2.42. The summed E-state index contributed by atoms with van der Waals surface area (Å²) in [5.41, 5.74) is 0.730. The first-order chi connectivity index (χ1) is 7.74. The number of carbonyl (C=O) groups excluding carboxylic acids is 1. The molecule has 0 atom stereocenters. The van der Waals surface area contributed by atoms with E-state index >= 15 is 0 Å². The van der Waals surface area contributed by atoms with Crippen molar-refractivity contribution in [3.8, 4) is 5.75 Å². The Hall–Kier alpha value is -1.22. The molecular weight excluding hydrogens is 226 g/mol. The molecule has 0 unspecified atom stereocenters. The summed E-state index contributed by atoms with van der Waals surface area (Å²) in [4.78, 5) is 11.4. The van der Waals surface area contributed by atoms with Gasteiger partial charge in [0.25, 0.3) is 0 Å². The molecule has 1 rings (SSSR count). The molecule has 0 saturated carbocycles. The van der Waals surface area contributed by atoms with Crippen molar-refractivity contribution >= 4 is 17.5 Å². The summed E-state index contributed by atoms with van der Waals surface area (Å²) in [5.74, 6) is 0.796. The van der Waals surface area contributed by atoms with E-state index in [2.05, 4.69) is 5.32 Å². The van der Waals surface area contributed by atoms with Crippen molar-refractivity contribution in [1.82, 2.24) is 5.32 Å². The maximum absolute atomic E-state index is 11.4. The van der Waals surface area contributed by atoms with Gasteiger partial charge in [-0.2, -0.15) is 0 Å². The summed E-state index contributed by atoms with van der Waals surface area (Å²) in [6.45, 7) is 0.367. The molecule has 3 nitrogen and oxygen atoms in total. The summed E-state index contributed by atoms with van der Waals surface area (Å²) in [5, 5.41) is 12.2. The van der Waals surface area contributed by atoms with Crippen LogP contribution in [0.2, 0.25) is 0 Å². The fraction of sp³-hybridized carbons (Fsp3) is 0.417. The maximum atomic E-state index is 11.4. The highest BCUT2D eigenvalue weighted by molar-refractivity contribution is 6.17. The Morgan fingerprint density at radius 3 is 2.75 bits per heavy atom. The van der Waals surface area contributed by atoms with Gasteiger partial charge in [-0.05, 0) is 18.9 Å². The topological polar surface area (TPSA) is 49.3 Å². The Bertz CT molecular complexity index is 342. The van der Waals surface area contributed by atoms with E-state index in [0.29, 0.717) is 18.8 Å². The van der Waals surface area contributed by atoms with Crippen LogP contribution in [0.25, 0.3) is 0 Å². The van der Waals surface area contributed by atoms with E-state index in [9.17, 15) is 9.90 Å². The molecular formula is C12H16ClNO2. The van der Waals surface area contributed by atoms with E-state index in [1.165, 1.54) is 0 Å². The third-order valence-electron chi connectivity index (χ3n) is 2.26. The zero-order chi connectivity index (χ0) is 11.8. The molecule has 0 bridgehead atoms. The van der Waals surface area contributed by atoms with Crippen molar-refractivity contribution in [3.63, 3.8) is 0 Å². The summed E-state index contributed by atoms with van der Waals surface area (Å²) >= 11 is 5.51. The molecule has 0 aliphatic heterocycles. The second-order valence-electron chi connectivity index (χ2n) is 3.55. The molecule has 4 heteroatoms. The molecule has 0 aliphatic carbocycles. The number of phenolic OH excluding ortho intramolecular Hbond substituents is 1. The van der Waals surface area contributed by atoms with Gasteiger partial charge in [0.1, 0.15) is 5.75 Å². The number of alkyl halides is 1. The second kappa shape index (κ2) is 7.12. The maximum Gasteiger partial charge on any atom is 0.220 e. The molecule has 88 valence electrons. The molecule has 16 heavy (non-hydrogen) atoms. The number of aromatic hydroxyl groups is 1. The molecule has 1 aromatic carbocycles. The number of para-hydroxylation sites is 1.